The predicted octanol–water partition coefficient (Wildman–Crippen LogP) is 3.45. The lowest BCUT2D eigenvalue weighted by Gasteiger charge is -2.36. The Labute approximate surface area is 234 Å². The summed E-state index contributed by atoms with van der Waals surface area (Å²) in [5.41, 5.74) is 1.76. The van der Waals surface area contributed by atoms with E-state index in [1.54, 1.807) is 30.1 Å². The molecular formula is C28H39N9O3. The smallest absolute Gasteiger partial charge is 0.410 e. The van der Waals surface area contributed by atoms with E-state index in [2.05, 4.69) is 25.2 Å². The summed E-state index contributed by atoms with van der Waals surface area (Å²) in [6.45, 7) is 9.97. The maximum atomic E-state index is 13.0. The van der Waals surface area contributed by atoms with Gasteiger partial charge in [-0.25, -0.2) is 19.4 Å². The van der Waals surface area contributed by atoms with Gasteiger partial charge in [-0.3, -0.25) is 4.79 Å². The monoisotopic (exact) mass is 549 g/mol. The van der Waals surface area contributed by atoms with Gasteiger partial charge < -0.3 is 29.8 Å². The molecule has 0 aliphatic carbocycles. The number of anilines is 3. The molecule has 0 aromatic carbocycles. The Balaban J connectivity index is 1.29. The van der Waals surface area contributed by atoms with Gasteiger partial charge in [-0.05, 0) is 58.2 Å². The number of hydrogen-bond acceptors (Lipinski definition) is 9. The molecule has 3 aromatic rings. The van der Waals surface area contributed by atoms with Crippen molar-refractivity contribution < 1.29 is 14.3 Å². The van der Waals surface area contributed by atoms with E-state index in [4.69, 9.17) is 9.72 Å². The Kier molecular flexibility index (Phi) is 7.68. The van der Waals surface area contributed by atoms with Gasteiger partial charge >= 0.3 is 6.09 Å². The molecule has 0 saturated carbocycles. The van der Waals surface area contributed by atoms with Crippen LogP contribution in [0.2, 0.25) is 0 Å². The van der Waals surface area contributed by atoms with Crippen LogP contribution in [0.15, 0.2) is 30.6 Å². The highest BCUT2D eigenvalue weighted by Crippen LogP contribution is 2.24. The SMILES string of the molecule is CN(C)C(=O)c1cc2cnc(Nc3ccc(N4CCN(C(=O)OC(C)(C)C)CC4)cn3)nc2n1N1CCCCC1. The maximum absolute atomic E-state index is 13.0. The van der Waals surface area contributed by atoms with Crippen molar-refractivity contribution in [2.24, 2.45) is 0 Å². The van der Waals surface area contributed by atoms with Crippen molar-refractivity contribution in [1.82, 2.24) is 29.4 Å². The fourth-order valence-corrected chi connectivity index (χ4v) is 5.02. The van der Waals surface area contributed by atoms with Crippen molar-refractivity contribution in [1.29, 1.82) is 0 Å². The molecule has 5 heterocycles. The lowest BCUT2D eigenvalue weighted by atomic mass is 10.2. The lowest BCUT2D eigenvalue weighted by Crippen LogP contribution is -2.50. The average molecular weight is 550 g/mol. The molecule has 2 aliphatic heterocycles. The Morgan fingerprint density at radius 1 is 0.950 bits per heavy atom. The van der Waals surface area contributed by atoms with Gasteiger partial charge in [-0.15, -0.1) is 0 Å². The minimum atomic E-state index is -0.502. The van der Waals surface area contributed by atoms with Crippen molar-refractivity contribution >= 4 is 40.5 Å². The molecule has 2 fully saturated rings. The number of nitrogens with zero attached hydrogens (tertiary/aromatic N) is 8. The molecule has 214 valence electrons. The molecule has 0 unspecified atom stereocenters. The van der Waals surface area contributed by atoms with E-state index in [1.807, 2.05) is 49.8 Å². The van der Waals surface area contributed by atoms with Crippen LogP contribution in [-0.4, -0.2) is 100 Å². The normalized spacial score (nSPS) is 16.3. The second-order valence-corrected chi connectivity index (χ2v) is 11.5. The summed E-state index contributed by atoms with van der Waals surface area (Å²) in [7, 11) is 3.52. The summed E-state index contributed by atoms with van der Waals surface area (Å²) in [6.07, 6.45) is 6.64. The van der Waals surface area contributed by atoms with Crippen LogP contribution >= 0.6 is 0 Å². The van der Waals surface area contributed by atoms with E-state index in [0.29, 0.717) is 49.3 Å². The zero-order valence-corrected chi connectivity index (χ0v) is 24.1. The Hall–Kier alpha value is -4.09. The standard InChI is InChI=1S/C28H39N9O3/c1-28(2,3)40-27(39)35-15-13-34(14-16-35)21-9-10-23(29-19-21)31-26-30-18-20-17-22(25(38)33(4)5)37(24(20)32-26)36-11-7-6-8-12-36/h9-10,17-19H,6-8,11-16H2,1-5H3,(H,29,30,31,32). The van der Waals surface area contributed by atoms with Crippen molar-refractivity contribution in [2.45, 2.75) is 45.6 Å². The minimum absolute atomic E-state index is 0.0673. The number of ether oxygens (including phenoxy) is 1. The van der Waals surface area contributed by atoms with Crippen LogP contribution in [0.4, 0.5) is 22.2 Å². The van der Waals surface area contributed by atoms with Gasteiger partial charge in [0.2, 0.25) is 5.95 Å². The van der Waals surface area contributed by atoms with E-state index in [-0.39, 0.29) is 12.0 Å². The first-order valence-electron chi connectivity index (χ1n) is 13.9. The second kappa shape index (κ2) is 11.2. The van der Waals surface area contributed by atoms with Gasteiger partial charge in [-0.1, -0.05) is 0 Å². The van der Waals surface area contributed by atoms with E-state index in [1.165, 1.54) is 6.42 Å². The topological polar surface area (TPSA) is 112 Å². The van der Waals surface area contributed by atoms with Crippen LogP contribution in [-0.2, 0) is 4.74 Å². The van der Waals surface area contributed by atoms with Gasteiger partial charge in [0.15, 0.2) is 5.65 Å². The lowest BCUT2D eigenvalue weighted by molar-refractivity contribution is 0.0240. The molecule has 40 heavy (non-hydrogen) atoms. The highest BCUT2D eigenvalue weighted by molar-refractivity contribution is 5.98. The Morgan fingerprint density at radius 3 is 2.30 bits per heavy atom. The molecule has 0 atom stereocenters. The van der Waals surface area contributed by atoms with Crippen molar-refractivity contribution in [3.8, 4) is 0 Å². The number of fused-ring (bicyclic) bond motifs is 1. The third-order valence-electron chi connectivity index (χ3n) is 7.04. The molecular weight excluding hydrogens is 510 g/mol. The number of carbonyl (C=O) groups is 2. The molecule has 12 nitrogen and oxygen atoms in total. The van der Waals surface area contributed by atoms with E-state index in [0.717, 1.165) is 37.0 Å². The molecule has 2 amide bonds. The molecule has 1 N–H and O–H groups in total. The predicted molar refractivity (Wildman–Crippen MR) is 155 cm³/mol. The van der Waals surface area contributed by atoms with Crippen LogP contribution in [0.5, 0.6) is 0 Å². The summed E-state index contributed by atoms with van der Waals surface area (Å²) in [4.78, 5) is 44.8. The number of piperazine rings is 1. The molecule has 0 spiro atoms. The number of rotatable bonds is 5. The first kappa shape index (κ1) is 27.5. The van der Waals surface area contributed by atoms with Crippen molar-refractivity contribution in [3.63, 3.8) is 0 Å². The van der Waals surface area contributed by atoms with Gasteiger partial charge in [0.25, 0.3) is 5.91 Å². The van der Waals surface area contributed by atoms with Crippen LogP contribution < -0.4 is 15.2 Å². The maximum Gasteiger partial charge on any atom is 0.410 e. The zero-order chi connectivity index (χ0) is 28.4. The summed E-state index contributed by atoms with van der Waals surface area (Å²) in [5.74, 6) is 0.970. The molecule has 0 bridgehead atoms. The second-order valence-electron chi connectivity index (χ2n) is 11.5. The van der Waals surface area contributed by atoms with Crippen molar-refractivity contribution in [3.05, 3.63) is 36.3 Å². The Bertz CT molecular complexity index is 1350. The summed E-state index contributed by atoms with van der Waals surface area (Å²) >= 11 is 0. The average Bonchev–Trinajstić information content (AvgIpc) is 3.31. The van der Waals surface area contributed by atoms with E-state index >= 15 is 0 Å². The van der Waals surface area contributed by atoms with Crippen LogP contribution in [0.1, 0.15) is 50.5 Å². The Morgan fingerprint density at radius 2 is 1.68 bits per heavy atom. The number of hydrogen-bond donors (Lipinski definition) is 1. The quantitative estimate of drug-likeness (QED) is 0.511. The first-order valence-corrected chi connectivity index (χ1v) is 13.9. The number of nitrogens with one attached hydrogen (secondary N) is 1. The third kappa shape index (κ3) is 6.05. The molecule has 2 saturated heterocycles. The van der Waals surface area contributed by atoms with E-state index in [9.17, 15) is 9.59 Å². The van der Waals surface area contributed by atoms with E-state index < -0.39 is 5.60 Å². The summed E-state index contributed by atoms with van der Waals surface area (Å²) in [6, 6.07) is 5.76. The van der Waals surface area contributed by atoms with Gasteiger partial charge in [0, 0.05) is 64.9 Å². The number of aromatic nitrogens is 4. The summed E-state index contributed by atoms with van der Waals surface area (Å²) in [5, 5.41) is 6.23. The van der Waals surface area contributed by atoms with Crippen LogP contribution in [0, 0.1) is 0 Å². The molecule has 5 rings (SSSR count). The van der Waals surface area contributed by atoms with Crippen LogP contribution in [0.3, 0.4) is 0 Å². The van der Waals surface area contributed by atoms with Gasteiger partial charge in [0.05, 0.1) is 11.9 Å². The number of pyridine rings is 1. The number of amides is 2. The minimum Gasteiger partial charge on any atom is -0.444 e. The van der Waals surface area contributed by atoms with Gasteiger partial charge in [-0.2, -0.15) is 4.98 Å². The van der Waals surface area contributed by atoms with Crippen molar-refractivity contribution in [2.75, 3.05) is 68.6 Å². The molecule has 0 radical (unpaired) electrons. The summed E-state index contributed by atoms with van der Waals surface area (Å²) < 4.78 is 7.45. The number of piperidine rings is 1. The zero-order valence-electron chi connectivity index (χ0n) is 24.1. The van der Waals surface area contributed by atoms with Crippen LogP contribution in [0.25, 0.3) is 11.0 Å². The molecule has 12 heteroatoms. The largest absolute Gasteiger partial charge is 0.444 e. The first-order chi connectivity index (χ1) is 19.1. The fraction of sp³-hybridized carbons (Fsp3) is 0.536. The third-order valence-corrected chi connectivity index (χ3v) is 7.04. The highest BCUT2D eigenvalue weighted by Gasteiger charge is 2.27. The molecule has 2 aliphatic rings. The number of carbonyl (C=O) groups excluding carboxylic acids is 2. The highest BCUT2D eigenvalue weighted by atomic mass is 16.6. The van der Waals surface area contributed by atoms with Gasteiger partial charge in [0.1, 0.15) is 17.1 Å². The fourth-order valence-electron chi connectivity index (χ4n) is 5.02. The molecule has 3 aromatic heterocycles.